The lowest BCUT2D eigenvalue weighted by atomic mass is 9.85. The molecule has 2 rings (SSSR count). The highest BCUT2D eigenvalue weighted by Gasteiger charge is 2.36. The van der Waals surface area contributed by atoms with Gasteiger partial charge in [0.25, 0.3) is 5.91 Å². The van der Waals surface area contributed by atoms with Gasteiger partial charge in [-0.05, 0) is 31.0 Å². The fourth-order valence-corrected chi connectivity index (χ4v) is 2.81. The minimum Gasteiger partial charge on any atom is -0.494 e. The molecule has 0 spiro atoms. The molecule has 0 aromatic heterocycles. The SMILES string of the molecule is CCCCOc1ccc([C@]2(C)CC(Cl)=C(C#N)C(=O)N2)cc1. The maximum absolute atomic E-state index is 12.0. The van der Waals surface area contributed by atoms with Crippen LogP contribution in [0.1, 0.15) is 38.7 Å². The number of carbonyl (C=O) groups excluding carboxylic acids is 1. The Morgan fingerprint density at radius 2 is 2.09 bits per heavy atom. The van der Waals surface area contributed by atoms with E-state index in [0.29, 0.717) is 18.1 Å². The van der Waals surface area contributed by atoms with E-state index in [2.05, 4.69) is 12.2 Å². The summed E-state index contributed by atoms with van der Waals surface area (Å²) in [6.45, 7) is 4.71. The topological polar surface area (TPSA) is 62.1 Å². The first-order chi connectivity index (χ1) is 10.5. The van der Waals surface area contributed by atoms with Crippen LogP contribution < -0.4 is 10.1 Å². The summed E-state index contributed by atoms with van der Waals surface area (Å²) in [7, 11) is 0. The lowest BCUT2D eigenvalue weighted by Crippen LogP contribution is -2.47. The summed E-state index contributed by atoms with van der Waals surface area (Å²) in [5.41, 5.74) is 0.314. The smallest absolute Gasteiger partial charge is 0.263 e. The van der Waals surface area contributed by atoms with E-state index in [9.17, 15) is 4.79 Å². The van der Waals surface area contributed by atoms with Crippen LogP contribution in [-0.4, -0.2) is 12.5 Å². The van der Waals surface area contributed by atoms with E-state index in [4.69, 9.17) is 21.6 Å². The van der Waals surface area contributed by atoms with E-state index in [1.807, 2.05) is 37.3 Å². The Morgan fingerprint density at radius 1 is 1.41 bits per heavy atom. The molecule has 1 aliphatic heterocycles. The van der Waals surface area contributed by atoms with Crippen molar-refractivity contribution in [2.24, 2.45) is 0 Å². The molecule has 5 heteroatoms. The van der Waals surface area contributed by atoms with Gasteiger partial charge in [-0.15, -0.1) is 0 Å². The summed E-state index contributed by atoms with van der Waals surface area (Å²) in [6.07, 6.45) is 2.51. The van der Waals surface area contributed by atoms with Gasteiger partial charge in [-0.2, -0.15) is 5.26 Å². The van der Waals surface area contributed by atoms with Crippen LogP contribution in [0, 0.1) is 11.3 Å². The van der Waals surface area contributed by atoms with Gasteiger partial charge < -0.3 is 10.1 Å². The van der Waals surface area contributed by atoms with E-state index >= 15 is 0 Å². The number of hydrogen-bond donors (Lipinski definition) is 1. The standard InChI is InChI=1S/C17H19ClN2O2/c1-3-4-9-22-13-7-5-12(6-8-13)17(2)10-15(18)14(11-19)16(21)20-17/h5-8H,3-4,9-10H2,1-2H3,(H,20,21)/t17-/m0/s1. The monoisotopic (exact) mass is 318 g/mol. The van der Waals surface area contributed by atoms with Crippen LogP contribution in [-0.2, 0) is 10.3 Å². The summed E-state index contributed by atoms with van der Waals surface area (Å²) in [5, 5.41) is 12.1. The molecule has 116 valence electrons. The summed E-state index contributed by atoms with van der Waals surface area (Å²) >= 11 is 6.10. The van der Waals surface area contributed by atoms with Crippen LogP contribution in [0.5, 0.6) is 5.75 Å². The molecule has 1 heterocycles. The van der Waals surface area contributed by atoms with Crippen molar-refractivity contribution in [1.82, 2.24) is 5.32 Å². The third-order valence-corrected chi connectivity index (χ3v) is 4.09. The van der Waals surface area contributed by atoms with Crippen LogP contribution in [0.15, 0.2) is 34.9 Å². The Bertz CT molecular complexity index is 631. The summed E-state index contributed by atoms with van der Waals surface area (Å²) in [4.78, 5) is 12.0. The van der Waals surface area contributed by atoms with E-state index in [0.717, 1.165) is 24.2 Å². The van der Waals surface area contributed by atoms with Crippen LogP contribution >= 0.6 is 11.6 Å². The zero-order valence-corrected chi connectivity index (χ0v) is 13.5. The van der Waals surface area contributed by atoms with Gasteiger partial charge in [-0.3, -0.25) is 4.79 Å². The number of unbranched alkanes of at least 4 members (excludes halogenated alkanes) is 1. The molecule has 1 amide bonds. The second kappa shape index (κ2) is 6.85. The predicted octanol–water partition coefficient (Wildman–Crippen LogP) is 3.62. The minimum absolute atomic E-state index is 0.00124. The van der Waals surface area contributed by atoms with Crippen molar-refractivity contribution >= 4 is 17.5 Å². The molecule has 1 aromatic carbocycles. The average molecular weight is 319 g/mol. The third-order valence-electron chi connectivity index (χ3n) is 3.77. The van der Waals surface area contributed by atoms with Gasteiger partial charge in [-0.1, -0.05) is 37.1 Å². The molecule has 1 atom stereocenters. The molecule has 0 saturated heterocycles. The zero-order valence-electron chi connectivity index (χ0n) is 12.8. The largest absolute Gasteiger partial charge is 0.494 e. The normalized spacial score (nSPS) is 21.3. The fraction of sp³-hybridized carbons (Fsp3) is 0.412. The summed E-state index contributed by atoms with van der Waals surface area (Å²) in [6, 6.07) is 9.46. The number of ether oxygens (including phenoxy) is 1. The van der Waals surface area contributed by atoms with Crippen molar-refractivity contribution in [2.75, 3.05) is 6.61 Å². The molecule has 4 nitrogen and oxygen atoms in total. The van der Waals surface area contributed by atoms with Crippen molar-refractivity contribution in [3.05, 3.63) is 40.4 Å². The molecule has 0 bridgehead atoms. The number of nitrogens with zero attached hydrogens (tertiary/aromatic N) is 1. The fourth-order valence-electron chi connectivity index (χ4n) is 2.42. The van der Waals surface area contributed by atoms with E-state index < -0.39 is 11.4 Å². The summed E-state index contributed by atoms with van der Waals surface area (Å²) in [5.74, 6) is 0.381. The Balaban J connectivity index is 2.16. The molecule has 0 unspecified atom stereocenters. The quantitative estimate of drug-likeness (QED) is 0.843. The lowest BCUT2D eigenvalue weighted by molar-refractivity contribution is -0.119. The number of nitrogens with one attached hydrogen (secondary N) is 1. The van der Waals surface area contributed by atoms with Crippen molar-refractivity contribution in [2.45, 2.75) is 38.6 Å². The van der Waals surface area contributed by atoms with E-state index in [1.165, 1.54) is 0 Å². The highest BCUT2D eigenvalue weighted by atomic mass is 35.5. The van der Waals surface area contributed by atoms with Gasteiger partial charge in [0.15, 0.2) is 0 Å². The number of halogens is 1. The van der Waals surface area contributed by atoms with Crippen molar-refractivity contribution in [1.29, 1.82) is 5.26 Å². The van der Waals surface area contributed by atoms with Gasteiger partial charge >= 0.3 is 0 Å². The zero-order chi connectivity index (χ0) is 16.2. The number of nitriles is 1. The van der Waals surface area contributed by atoms with Crippen molar-refractivity contribution < 1.29 is 9.53 Å². The Labute approximate surface area is 135 Å². The van der Waals surface area contributed by atoms with Gasteiger partial charge in [0.1, 0.15) is 17.4 Å². The number of benzene rings is 1. The lowest BCUT2D eigenvalue weighted by Gasteiger charge is -2.34. The number of hydrogen-bond acceptors (Lipinski definition) is 3. The van der Waals surface area contributed by atoms with Crippen LogP contribution in [0.3, 0.4) is 0 Å². The number of amides is 1. The number of rotatable bonds is 5. The van der Waals surface area contributed by atoms with Crippen molar-refractivity contribution in [3.63, 3.8) is 0 Å². The maximum Gasteiger partial charge on any atom is 0.263 e. The Hall–Kier alpha value is -1.99. The maximum atomic E-state index is 12.0. The Kier molecular flexibility index (Phi) is 5.10. The molecule has 1 aliphatic rings. The second-order valence-corrected chi connectivity index (χ2v) is 6.04. The summed E-state index contributed by atoms with van der Waals surface area (Å²) < 4.78 is 5.63. The minimum atomic E-state index is -0.615. The first-order valence-corrected chi connectivity index (χ1v) is 7.72. The molecule has 1 aromatic rings. The molecule has 0 radical (unpaired) electrons. The van der Waals surface area contributed by atoms with Crippen LogP contribution in [0.25, 0.3) is 0 Å². The van der Waals surface area contributed by atoms with Crippen LogP contribution in [0.2, 0.25) is 0 Å². The van der Waals surface area contributed by atoms with Gasteiger partial charge in [0.2, 0.25) is 0 Å². The molecular weight excluding hydrogens is 300 g/mol. The van der Waals surface area contributed by atoms with E-state index in [1.54, 1.807) is 0 Å². The molecular formula is C17H19ClN2O2. The van der Waals surface area contributed by atoms with Crippen molar-refractivity contribution in [3.8, 4) is 11.8 Å². The first kappa shape index (κ1) is 16.4. The highest BCUT2D eigenvalue weighted by molar-refractivity contribution is 6.33. The van der Waals surface area contributed by atoms with E-state index in [-0.39, 0.29) is 5.57 Å². The average Bonchev–Trinajstić information content (AvgIpc) is 2.47. The first-order valence-electron chi connectivity index (χ1n) is 7.35. The Morgan fingerprint density at radius 3 is 2.64 bits per heavy atom. The molecule has 0 saturated carbocycles. The number of carbonyl (C=O) groups is 1. The molecule has 0 fully saturated rings. The third kappa shape index (κ3) is 3.42. The highest BCUT2D eigenvalue weighted by Crippen LogP contribution is 2.35. The second-order valence-electron chi connectivity index (χ2n) is 5.58. The van der Waals surface area contributed by atoms with Gasteiger partial charge in [0.05, 0.1) is 12.1 Å². The predicted molar refractivity (Wildman–Crippen MR) is 85.4 cm³/mol. The van der Waals surface area contributed by atoms with Gasteiger partial charge in [0, 0.05) is 11.5 Å². The molecule has 1 N–H and O–H groups in total. The molecule has 0 aliphatic carbocycles. The van der Waals surface area contributed by atoms with Crippen LogP contribution in [0.4, 0.5) is 0 Å². The van der Waals surface area contributed by atoms with Gasteiger partial charge in [-0.25, -0.2) is 0 Å². The molecule has 22 heavy (non-hydrogen) atoms.